The van der Waals surface area contributed by atoms with Gasteiger partial charge in [-0.25, -0.2) is 0 Å². The molecule has 1 unspecified atom stereocenters. The molecule has 4 rings (SSSR count). The van der Waals surface area contributed by atoms with Crippen LogP contribution in [0.2, 0.25) is 5.02 Å². The highest BCUT2D eigenvalue weighted by Gasteiger charge is 2.36. The summed E-state index contributed by atoms with van der Waals surface area (Å²) in [6, 6.07) is 12.6. The second-order valence-corrected chi connectivity index (χ2v) is 8.06. The first kappa shape index (κ1) is 20.5. The number of carbonyl (C=O) groups is 1. The van der Waals surface area contributed by atoms with Crippen LogP contribution in [-0.4, -0.2) is 43.2 Å². The number of amides is 1. The maximum absolute atomic E-state index is 13.2. The molecule has 0 aliphatic carbocycles. The minimum atomic E-state index is -0.449. The molecular formula is C22H22ClN3O3S. The first-order valence-corrected chi connectivity index (χ1v) is 10.3. The Kier molecular flexibility index (Phi) is 5.58. The van der Waals surface area contributed by atoms with Crippen molar-refractivity contribution in [1.82, 2.24) is 10.2 Å². The summed E-state index contributed by atoms with van der Waals surface area (Å²) in [6.07, 6.45) is 0. The van der Waals surface area contributed by atoms with Gasteiger partial charge in [0, 0.05) is 30.9 Å². The van der Waals surface area contributed by atoms with Crippen LogP contribution in [0.3, 0.4) is 0 Å². The van der Waals surface area contributed by atoms with Crippen LogP contribution in [0.5, 0.6) is 11.5 Å². The lowest BCUT2D eigenvalue weighted by molar-refractivity contribution is -0.125. The molecule has 0 saturated carbocycles. The molecule has 1 amide bonds. The second-order valence-electron chi connectivity index (χ2n) is 7.27. The number of ether oxygens (including phenoxy) is 2. The third kappa shape index (κ3) is 3.59. The van der Waals surface area contributed by atoms with Gasteiger partial charge >= 0.3 is 0 Å². The van der Waals surface area contributed by atoms with E-state index in [2.05, 4.69) is 5.32 Å². The quantitative estimate of drug-likeness (QED) is 0.726. The summed E-state index contributed by atoms with van der Waals surface area (Å²) in [4.78, 5) is 16.6. The van der Waals surface area contributed by atoms with E-state index in [1.165, 1.54) is 0 Å². The third-order valence-electron chi connectivity index (χ3n) is 5.12. The number of likely N-dealkylation sites (N-methyl/N-ethyl adjacent to an activating group) is 1. The zero-order chi connectivity index (χ0) is 21.4. The predicted octanol–water partition coefficient (Wildman–Crippen LogP) is 3.91. The molecule has 0 saturated heterocycles. The second kappa shape index (κ2) is 8.16. The number of allylic oxidation sites excluding steroid dienone is 1. The van der Waals surface area contributed by atoms with E-state index in [1.807, 2.05) is 54.3 Å². The van der Waals surface area contributed by atoms with Gasteiger partial charge in [0.15, 0.2) is 16.6 Å². The van der Waals surface area contributed by atoms with Gasteiger partial charge < -0.3 is 19.7 Å². The van der Waals surface area contributed by atoms with Crippen LogP contribution in [0.25, 0.3) is 0 Å². The number of halogens is 1. The van der Waals surface area contributed by atoms with Gasteiger partial charge in [0.25, 0.3) is 5.91 Å². The highest BCUT2D eigenvalue weighted by molar-refractivity contribution is 7.80. The molecule has 0 aromatic heterocycles. The maximum Gasteiger partial charge on any atom is 0.253 e. The molecule has 30 heavy (non-hydrogen) atoms. The fourth-order valence-corrected chi connectivity index (χ4v) is 4.29. The molecular weight excluding hydrogens is 422 g/mol. The van der Waals surface area contributed by atoms with Gasteiger partial charge in [-0.3, -0.25) is 9.69 Å². The average Bonchev–Trinajstić information content (AvgIpc) is 2.73. The maximum atomic E-state index is 13.2. The lowest BCUT2D eigenvalue weighted by Crippen LogP contribution is -2.49. The molecule has 0 bridgehead atoms. The summed E-state index contributed by atoms with van der Waals surface area (Å²) in [5, 5.41) is 4.36. The van der Waals surface area contributed by atoms with E-state index in [-0.39, 0.29) is 5.91 Å². The monoisotopic (exact) mass is 443 g/mol. The van der Waals surface area contributed by atoms with E-state index in [9.17, 15) is 4.79 Å². The van der Waals surface area contributed by atoms with Crippen LogP contribution in [0.15, 0.2) is 53.7 Å². The molecule has 0 radical (unpaired) electrons. The van der Waals surface area contributed by atoms with E-state index in [0.29, 0.717) is 40.4 Å². The van der Waals surface area contributed by atoms with E-state index >= 15 is 0 Å². The molecule has 6 nitrogen and oxygen atoms in total. The summed E-state index contributed by atoms with van der Waals surface area (Å²) in [5.74, 6) is 1.24. The van der Waals surface area contributed by atoms with Crippen LogP contribution in [0, 0.1) is 0 Å². The van der Waals surface area contributed by atoms with Crippen molar-refractivity contribution in [2.75, 3.05) is 32.2 Å². The van der Waals surface area contributed by atoms with Gasteiger partial charge in [-0.05, 0) is 42.9 Å². The Hall–Kier alpha value is -2.77. The first-order chi connectivity index (χ1) is 14.4. The first-order valence-electron chi connectivity index (χ1n) is 9.55. The average molecular weight is 444 g/mol. The Morgan fingerprint density at radius 1 is 1.17 bits per heavy atom. The molecule has 2 aliphatic rings. The SMILES string of the molecule is CC1=C(C(=O)N(C)C)C(c2ccccc2Cl)NC(=S)N1c1ccc2c(c1)OCCO2. The highest BCUT2D eigenvalue weighted by atomic mass is 35.5. The minimum absolute atomic E-state index is 0.116. The summed E-state index contributed by atoms with van der Waals surface area (Å²) < 4.78 is 11.3. The Morgan fingerprint density at radius 2 is 1.87 bits per heavy atom. The van der Waals surface area contributed by atoms with Crippen molar-refractivity contribution >= 4 is 40.5 Å². The van der Waals surface area contributed by atoms with Gasteiger partial charge in [-0.15, -0.1) is 0 Å². The summed E-state index contributed by atoms with van der Waals surface area (Å²) in [7, 11) is 3.46. The number of hydrogen-bond donors (Lipinski definition) is 1. The zero-order valence-corrected chi connectivity index (χ0v) is 18.5. The van der Waals surface area contributed by atoms with E-state index in [0.717, 1.165) is 16.9 Å². The topological polar surface area (TPSA) is 54.0 Å². The number of thiocarbonyl (C=S) groups is 1. The summed E-state index contributed by atoms with van der Waals surface area (Å²) >= 11 is 12.2. The van der Waals surface area contributed by atoms with Crippen LogP contribution < -0.4 is 19.7 Å². The minimum Gasteiger partial charge on any atom is -0.486 e. The molecule has 8 heteroatoms. The predicted molar refractivity (Wildman–Crippen MR) is 121 cm³/mol. The van der Waals surface area contributed by atoms with E-state index < -0.39 is 6.04 Å². The number of nitrogens with one attached hydrogen (secondary N) is 1. The van der Waals surface area contributed by atoms with Gasteiger partial charge in [-0.1, -0.05) is 29.8 Å². The van der Waals surface area contributed by atoms with Crippen molar-refractivity contribution in [2.45, 2.75) is 13.0 Å². The summed E-state index contributed by atoms with van der Waals surface area (Å²) in [6.45, 7) is 2.91. The number of benzene rings is 2. The van der Waals surface area contributed by atoms with E-state index in [1.54, 1.807) is 19.0 Å². The number of anilines is 1. The number of hydrogen-bond acceptors (Lipinski definition) is 4. The zero-order valence-electron chi connectivity index (χ0n) is 16.9. The molecule has 2 aromatic rings. The molecule has 2 aliphatic heterocycles. The smallest absolute Gasteiger partial charge is 0.253 e. The Balaban J connectivity index is 1.84. The largest absolute Gasteiger partial charge is 0.486 e. The van der Waals surface area contributed by atoms with Crippen LogP contribution in [0.1, 0.15) is 18.5 Å². The number of carbonyl (C=O) groups excluding carboxylic acids is 1. The van der Waals surface area contributed by atoms with E-state index in [4.69, 9.17) is 33.3 Å². The summed E-state index contributed by atoms with van der Waals surface area (Å²) in [5.41, 5.74) is 2.90. The van der Waals surface area contributed by atoms with Gasteiger partial charge in [0.2, 0.25) is 0 Å². The normalized spacial score (nSPS) is 18.2. The molecule has 1 N–H and O–H groups in total. The number of nitrogens with zero attached hydrogens (tertiary/aromatic N) is 2. The number of fused-ring (bicyclic) bond motifs is 1. The lowest BCUT2D eigenvalue weighted by atomic mass is 9.93. The van der Waals surface area contributed by atoms with Crippen LogP contribution in [-0.2, 0) is 4.79 Å². The van der Waals surface area contributed by atoms with Crippen molar-refractivity contribution in [3.8, 4) is 11.5 Å². The fourth-order valence-electron chi connectivity index (χ4n) is 3.69. The van der Waals surface area contributed by atoms with Gasteiger partial charge in [0.1, 0.15) is 13.2 Å². The van der Waals surface area contributed by atoms with Gasteiger partial charge in [-0.2, -0.15) is 0 Å². The van der Waals surface area contributed by atoms with Crippen molar-refractivity contribution in [1.29, 1.82) is 0 Å². The Bertz CT molecular complexity index is 1050. The molecule has 0 fully saturated rings. The van der Waals surface area contributed by atoms with Crippen LogP contribution >= 0.6 is 23.8 Å². The lowest BCUT2D eigenvalue weighted by Gasteiger charge is -2.39. The third-order valence-corrected chi connectivity index (χ3v) is 5.77. The van der Waals surface area contributed by atoms with Crippen molar-refractivity contribution in [3.05, 3.63) is 64.3 Å². The molecule has 2 aromatic carbocycles. The highest BCUT2D eigenvalue weighted by Crippen LogP contribution is 2.39. The Labute approximate surface area is 186 Å². The van der Waals surface area contributed by atoms with Gasteiger partial charge in [0.05, 0.1) is 17.3 Å². The molecule has 156 valence electrons. The molecule has 1 atom stereocenters. The standard InChI is InChI=1S/C22H22ClN3O3S/c1-13-19(21(27)25(2)3)20(15-6-4-5-7-16(15)23)24-22(30)26(13)14-8-9-17-18(12-14)29-11-10-28-17/h4-9,12,20H,10-11H2,1-3H3,(H,24,30). The van der Waals surface area contributed by atoms with Crippen molar-refractivity contribution < 1.29 is 14.3 Å². The molecule has 0 spiro atoms. The Morgan fingerprint density at radius 3 is 2.57 bits per heavy atom. The van der Waals surface area contributed by atoms with Crippen molar-refractivity contribution in [2.24, 2.45) is 0 Å². The fraction of sp³-hybridized carbons (Fsp3) is 0.273. The van der Waals surface area contributed by atoms with Crippen molar-refractivity contribution in [3.63, 3.8) is 0 Å². The molecule has 2 heterocycles. The number of rotatable bonds is 3. The van der Waals surface area contributed by atoms with Crippen LogP contribution in [0.4, 0.5) is 5.69 Å².